The lowest BCUT2D eigenvalue weighted by atomic mass is 9.75. The zero-order chi connectivity index (χ0) is 11.6. The minimum atomic E-state index is 0.214. The van der Waals surface area contributed by atoms with Crippen molar-refractivity contribution in [1.82, 2.24) is 0 Å². The number of fused-ring (bicyclic) bond motifs is 2. The maximum Gasteiger partial charge on any atom is 0.0926 e. The van der Waals surface area contributed by atoms with Gasteiger partial charge in [-0.3, -0.25) is 0 Å². The first-order chi connectivity index (χ1) is 7.40. The molecule has 0 aromatic carbocycles. The van der Waals surface area contributed by atoms with Crippen molar-refractivity contribution in [2.45, 2.75) is 65.1 Å². The molecule has 1 heterocycles. The normalized spacial score (nSPS) is 49.8. The molecule has 0 aromatic rings. The van der Waals surface area contributed by atoms with Crippen LogP contribution < -0.4 is 0 Å². The van der Waals surface area contributed by atoms with Crippen LogP contribution in [0, 0.1) is 17.3 Å². The van der Waals surface area contributed by atoms with Crippen molar-refractivity contribution in [2.24, 2.45) is 17.3 Å². The Morgan fingerprint density at radius 2 is 1.94 bits per heavy atom. The smallest absolute Gasteiger partial charge is 0.0926 e. The van der Waals surface area contributed by atoms with Gasteiger partial charge in [-0.05, 0) is 49.9 Å². The third kappa shape index (κ3) is 1.64. The van der Waals surface area contributed by atoms with E-state index in [0.717, 1.165) is 11.8 Å². The maximum absolute atomic E-state index is 5.97. The van der Waals surface area contributed by atoms with Crippen LogP contribution in [0.3, 0.4) is 0 Å². The highest BCUT2D eigenvalue weighted by Gasteiger charge is 2.56. The molecular weight excluding hydrogens is 196 g/mol. The van der Waals surface area contributed by atoms with Crippen molar-refractivity contribution < 1.29 is 4.74 Å². The monoisotopic (exact) mass is 220 g/mol. The van der Waals surface area contributed by atoms with E-state index in [1.807, 2.05) is 0 Å². The molecule has 2 aliphatic carbocycles. The molecule has 0 N–H and O–H groups in total. The summed E-state index contributed by atoms with van der Waals surface area (Å²) in [6.45, 7) is 9.46. The number of hydrogen-bond acceptors (Lipinski definition) is 1. The Hall–Kier alpha value is -0.300. The van der Waals surface area contributed by atoms with Gasteiger partial charge in [-0.2, -0.15) is 0 Å². The Morgan fingerprint density at radius 1 is 1.19 bits per heavy atom. The third-order valence-corrected chi connectivity index (χ3v) is 4.94. The van der Waals surface area contributed by atoms with Crippen LogP contribution in [0.1, 0.15) is 53.4 Å². The van der Waals surface area contributed by atoms with Crippen molar-refractivity contribution >= 4 is 0 Å². The summed E-state index contributed by atoms with van der Waals surface area (Å²) in [5, 5.41) is 0. The van der Waals surface area contributed by atoms with Crippen molar-refractivity contribution in [3.63, 3.8) is 0 Å². The number of allylic oxidation sites excluding steroid dienone is 2. The van der Waals surface area contributed by atoms with Gasteiger partial charge in [0, 0.05) is 0 Å². The van der Waals surface area contributed by atoms with Crippen LogP contribution in [0.15, 0.2) is 11.6 Å². The first-order valence-corrected chi connectivity index (χ1v) is 6.80. The quantitative estimate of drug-likeness (QED) is 0.445. The van der Waals surface area contributed by atoms with Crippen molar-refractivity contribution in [1.29, 1.82) is 0 Å². The van der Waals surface area contributed by atoms with Gasteiger partial charge in [-0.1, -0.05) is 32.4 Å². The summed E-state index contributed by atoms with van der Waals surface area (Å²) in [4.78, 5) is 0. The van der Waals surface area contributed by atoms with Gasteiger partial charge >= 0.3 is 0 Å². The van der Waals surface area contributed by atoms with Crippen LogP contribution in [0.25, 0.3) is 0 Å². The Labute approximate surface area is 99.3 Å². The van der Waals surface area contributed by atoms with Crippen LogP contribution in [0.4, 0.5) is 0 Å². The van der Waals surface area contributed by atoms with Crippen LogP contribution in [0.5, 0.6) is 0 Å². The summed E-state index contributed by atoms with van der Waals surface area (Å²) >= 11 is 0. The molecule has 2 fully saturated rings. The topological polar surface area (TPSA) is 12.5 Å². The van der Waals surface area contributed by atoms with E-state index < -0.39 is 0 Å². The second kappa shape index (κ2) is 3.13. The lowest BCUT2D eigenvalue weighted by molar-refractivity contribution is 0.270. The van der Waals surface area contributed by atoms with Crippen molar-refractivity contribution in [3.8, 4) is 0 Å². The van der Waals surface area contributed by atoms with Crippen LogP contribution in [-0.4, -0.2) is 11.7 Å². The van der Waals surface area contributed by atoms with Crippen LogP contribution in [0.2, 0.25) is 0 Å². The highest BCUT2D eigenvalue weighted by molar-refractivity contribution is 5.23. The second-order valence-corrected chi connectivity index (χ2v) is 7.14. The highest BCUT2D eigenvalue weighted by atomic mass is 16.6. The summed E-state index contributed by atoms with van der Waals surface area (Å²) in [7, 11) is 0. The molecule has 0 amide bonds. The third-order valence-electron chi connectivity index (χ3n) is 4.94. The molecule has 90 valence electrons. The number of epoxide rings is 1. The fourth-order valence-electron chi connectivity index (χ4n) is 3.87. The summed E-state index contributed by atoms with van der Waals surface area (Å²) in [6.07, 6.45) is 8.34. The van der Waals surface area contributed by atoms with Gasteiger partial charge in [-0.15, -0.1) is 0 Å². The van der Waals surface area contributed by atoms with Crippen molar-refractivity contribution in [2.75, 3.05) is 0 Å². The van der Waals surface area contributed by atoms with Gasteiger partial charge in [0.2, 0.25) is 0 Å². The average Bonchev–Trinajstić information content (AvgIpc) is 2.63. The van der Waals surface area contributed by atoms with E-state index in [2.05, 4.69) is 33.8 Å². The summed E-state index contributed by atoms with van der Waals surface area (Å²) in [5.41, 5.74) is 2.28. The maximum atomic E-state index is 5.97. The van der Waals surface area contributed by atoms with Gasteiger partial charge in [0.05, 0.1) is 11.7 Å². The summed E-state index contributed by atoms with van der Waals surface area (Å²) in [6, 6.07) is 0. The number of ether oxygens (including phenoxy) is 1. The predicted octanol–water partition coefficient (Wildman–Crippen LogP) is 3.94. The summed E-state index contributed by atoms with van der Waals surface area (Å²) in [5.74, 6) is 1.62. The minimum Gasteiger partial charge on any atom is -0.366 e. The van der Waals surface area contributed by atoms with E-state index >= 15 is 0 Å². The molecule has 1 saturated carbocycles. The van der Waals surface area contributed by atoms with E-state index in [-0.39, 0.29) is 5.60 Å². The molecule has 0 radical (unpaired) electrons. The molecule has 0 aromatic heterocycles. The second-order valence-electron chi connectivity index (χ2n) is 7.14. The molecule has 1 heteroatoms. The van der Waals surface area contributed by atoms with E-state index in [4.69, 9.17) is 4.74 Å². The molecule has 3 rings (SSSR count). The van der Waals surface area contributed by atoms with Gasteiger partial charge in [0.25, 0.3) is 0 Å². The standard InChI is InChI=1S/C15H24O/c1-10-5-6-11-7-15(4)13(16-15)9-14(2,3)8-12(10)11/h8,10-11,13H,5-7,9H2,1-4H3/t10-,11-,13+,15-/m0/s1. The van der Waals surface area contributed by atoms with Gasteiger partial charge in [-0.25, -0.2) is 0 Å². The molecular formula is C15H24O. The van der Waals surface area contributed by atoms with Gasteiger partial charge < -0.3 is 4.74 Å². The molecule has 1 aliphatic heterocycles. The lowest BCUT2D eigenvalue weighted by Gasteiger charge is -2.28. The largest absolute Gasteiger partial charge is 0.366 e. The molecule has 4 atom stereocenters. The average molecular weight is 220 g/mol. The van der Waals surface area contributed by atoms with Crippen molar-refractivity contribution in [3.05, 3.63) is 11.6 Å². The SMILES string of the molecule is C[C@H]1CC[C@H]2C[C@]3(C)O[C@@H]3CC(C)(C)C=C21. The minimum absolute atomic E-state index is 0.214. The van der Waals surface area contributed by atoms with Gasteiger partial charge in [0.1, 0.15) is 0 Å². The number of rotatable bonds is 0. The van der Waals surface area contributed by atoms with E-state index in [9.17, 15) is 0 Å². The van der Waals surface area contributed by atoms with Gasteiger partial charge in [0.15, 0.2) is 0 Å². The van der Waals surface area contributed by atoms with E-state index in [1.54, 1.807) is 5.57 Å². The zero-order valence-corrected chi connectivity index (χ0v) is 11.0. The van der Waals surface area contributed by atoms with E-state index in [0.29, 0.717) is 11.5 Å². The molecule has 1 nitrogen and oxygen atoms in total. The molecule has 0 unspecified atom stereocenters. The Balaban J connectivity index is 1.95. The molecule has 0 bridgehead atoms. The zero-order valence-electron chi connectivity index (χ0n) is 11.0. The molecule has 3 aliphatic rings. The molecule has 0 spiro atoms. The fraction of sp³-hybridized carbons (Fsp3) is 0.867. The summed E-state index contributed by atoms with van der Waals surface area (Å²) < 4.78 is 5.97. The first-order valence-electron chi connectivity index (χ1n) is 6.80. The van der Waals surface area contributed by atoms with Crippen LogP contribution >= 0.6 is 0 Å². The van der Waals surface area contributed by atoms with E-state index in [1.165, 1.54) is 25.7 Å². The Morgan fingerprint density at radius 3 is 2.69 bits per heavy atom. The predicted molar refractivity (Wildman–Crippen MR) is 66.3 cm³/mol. The highest BCUT2D eigenvalue weighted by Crippen LogP contribution is 2.54. The Kier molecular flexibility index (Phi) is 2.12. The first kappa shape index (κ1) is 10.8. The Bertz CT molecular complexity index is 341. The molecule has 1 saturated heterocycles. The lowest BCUT2D eigenvalue weighted by Crippen LogP contribution is -2.24. The molecule has 16 heavy (non-hydrogen) atoms. The number of hydrogen-bond donors (Lipinski definition) is 0. The van der Waals surface area contributed by atoms with Crippen LogP contribution in [-0.2, 0) is 4.74 Å². The fourth-order valence-corrected chi connectivity index (χ4v) is 3.87.